The lowest BCUT2D eigenvalue weighted by Crippen LogP contribution is -2.45. The Balaban J connectivity index is 1.44. The van der Waals surface area contributed by atoms with Crippen LogP contribution < -0.4 is 0 Å². The third-order valence-corrected chi connectivity index (χ3v) is 6.78. The molecule has 0 bridgehead atoms. The fourth-order valence-electron chi connectivity index (χ4n) is 4.20. The average Bonchev–Trinajstić information content (AvgIpc) is 3.00. The Hall–Kier alpha value is -1.30. The van der Waals surface area contributed by atoms with Crippen LogP contribution in [0.1, 0.15) is 44.1 Å². The second-order valence-electron chi connectivity index (χ2n) is 8.29. The fourth-order valence-corrected chi connectivity index (χ4v) is 4.52. The maximum Gasteiger partial charge on any atom is 0.236 e. The first-order valence-electron chi connectivity index (χ1n) is 10.6. The summed E-state index contributed by atoms with van der Waals surface area (Å²) >= 11 is 12.0. The fraction of sp³-hybridized carbons (Fsp3) is 0.636. The summed E-state index contributed by atoms with van der Waals surface area (Å²) in [5.74, 6) is 0.524. The van der Waals surface area contributed by atoms with Crippen molar-refractivity contribution in [3.63, 3.8) is 0 Å². The van der Waals surface area contributed by atoms with Crippen molar-refractivity contribution in [1.29, 1.82) is 0 Å². The highest BCUT2D eigenvalue weighted by Crippen LogP contribution is 2.24. The molecule has 0 unspecified atom stereocenters. The van der Waals surface area contributed by atoms with Crippen LogP contribution in [0.2, 0.25) is 10.0 Å². The number of halogens is 2. The Bertz CT molecular complexity index is 712. The first-order chi connectivity index (χ1) is 13.9. The molecule has 2 aliphatic rings. The Kier molecular flexibility index (Phi) is 8.22. The number of rotatable bonds is 5. The van der Waals surface area contributed by atoms with Gasteiger partial charge in [0.15, 0.2) is 0 Å². The van der Waals surface area contributed by atoms with E-state index in [9.17, 15) is 9.59 Å². The zero-order valence-corrected chi connectivity index (χ0v) is 18.7. The van der Waals surface area contributed by atoms with E-state index in [1.54, 1.807) is 24.1 Å². The smallest absolute Gasteiger partial charge is 0.236 e. The number of likely N-dealkylation sites (N-methyl/N-ethyl adjacent to an activating group) is 1. The highest BCUT2D eigenvalue weighted by molar-refractivity contribution is 6.42. The van der Waals surface area contributed by atoms with Crippen molar-refractivity contribution in [1.82, 2.24) is 14.7 Å². The molecule has 160 valence electrons. The number of benzene rings is 1. The SMILES string of the molecule is CN(Cc1ccc(Cl)c(Cl)c1)C(=O)CN1CCC(C(=O)N2CCCCCC2)CC1. The van der Waals surface area contributed by atoms with Crippen LogP contribution in [0.3, 0.4) is 0 Å². The maximum absolute atomic E-state index is 12.8. The van der Waals surface area contributed by atoms with Crippen molar-refractivity contribution in [2.24, 2.45) is 5.92 Å². The van der Waals surface area contributed by atoms with Crippen LogP contribution in [0.4, 0.5) is 0 Å². The van der Waals surface area contributed by atoms with Crippen molar-refractivity contribution >= 4 is 35.0 Å². The molecule has 0 aliphatic carbocycles. The van der Waals surface area contributed by atoms with Gasteiger partial charge in [-0.1, -0.05) is 42.1 Å². The molecule has 5 nitrogen and oxygen atoms in total. The molecule has 0 atom stereocenters. The highest BCUT2D eigenvalue weighted by Gasteiger charge is 2.29. The molecule has 2 saturated heterocycles. The highest BCUT2D eigenvalue weighted by atomic mass is 35.5. The molecule has 7 heteroatoms. The molecule has 2 heterocycles. The van der Waals surface area contributed by atoms with E-state index in [1.807, 2.05) is 6.07 Å². The molecule has 0 aromatic heterocycles. The lowest BCUT2D eigenvalue weighted by Gasteiger charge is -2.34. The summed E-state index contributed by atoms with van der Waals surface area (Å²) in [6.45, 7) is 4.32. The van der Waals surface area contributed by atoms with E-state index in [2.05, 4.69) is 9.80 Å². The quantitative estimate of drug-likeness (QED) is 0.694. The molecule has 2 amide bonds. The second kappa shape index (κ2) is 10.6. The van der Waals surface area contributed by atoms with Crippen molar-refractivity contribution in [3.8, 4) is 0 Å². The number of piperidine rings is 1. The molecule has 2 aliphatic heterocycles. The number of amides is 2. The molecule has 1 aromatic carbocycles. The monoisotopic (exact) mass is 439 g/mol. The Morgan fingerprint density at radius 2 is 1.66 bits per heavy atom. The predicted octanol–water partition coefficient (Wildman–Crippen LogP) is 4.07. The van der Waals surface area contributed by atoms with Gasteiger partial charge in [-0.05, 0) is 56.5 Å². The number of likely N-dealkylation sites (tertiary alicyclic amines) is 2. The normalized spacial score (nSPS) is 19.1. The summed E-state index contributed by atoms with van der Waals surface area (Å²) in [6.07, 6.45) is 6.42. The molecule has 0 radical (unpaired) electrons. The van der Waals surface area contributed by atoms with E-state index in [4.69, 9.17) is 23.2 Å². The molecule has 0 saturated carbocycles. The zero-order chi connectivity index (χ0) is 20.8. The van der Waals surface area contributed by atoms with E-state index < -0.39 is 0 Å². The van der Waals surface area contributed by atoms with Gasteiger partial charge in [-0.15, -0.1) is 0 Å². The molecule has 3 rings (SSSR count). The predicted molar refractivity (Wildman–Crippen MR) is 117 cm³/mol. The number of hydrogen-bond acceptors (Lipinski definition) is 3. The zero-order valence-electron chi connectivity index (χ0n) is 17.2. The van der Waals surface area contributed by atoms with Crippen LogP contribution in [0, 0.1) is 5.92 Å². The van der Waals surface area contributed by atoms with Crippen molar-refractivity contribution < 1.29 is 9.59 Å². The summed E-state index contributed by atoms with van der Waals surface area (Å²) in [7, 11) is 1.81. The number of hydrogen-bond donors (Lipinski definition) is 0. The molecule has 2 fully saturated rings. The minimum atomic E-state index is 0.0772. The van der Waals surface area contributed by atoms with Crippen molar-refractivity contribution in [2.45, 2.75) is 45.1 Å². The third-order valence-electron chi connectivity index (χ3n) is 6.04. The van der Waals surface area contributed by atoms with Crippen LogP contribution in [0.15, 0.2) is 18.2 Å². The van der Waals surface area contributed by atoms with Crippen LogP contribution >= 0.6 is 23.2 Å². The second-order valence-corrected chi connectivity index (χ2v) is 9.10. The summed E-state index contributed by atoms with van der Waals surface area (Å²) in [5.41, 5.74) is 0.956. The number of carbonyl (C=O) groups is 2. The topological polar surface area (TPSA) is 43.9 Å². The van der Waals surface area contributed by atoms with Crippen molar-refractivity contribution in [2.75, 3.05) is 39.8 Å². The minimum absolute atomic E-state index is 0.0772. The maximum atomic E-state index is 12.8. The van der Waals surface area contributed by atoms with Gasteiger partial charge in [0.25, 0.3) is 0 Å². The van der Waals surface area contributed by atoms with Gasteiger partial charge >= 0.3 is 0 Å². The van der Waals surface area contributed by atoms with E-state index >= 15 is 0 Å². The van der Waals surface area contributed by atoms with Gasteiger partial charge in [0.2, 0.25) is 11.8 Å². The Labute approximate surface area is 183 Å². The number of carbonyl (C=O) groups excluding carboxylic acids is 2. The largest absolute Gasteiger partial charge is 0.342 e. The number of nitrogens with zero attached hydrogens (tertiary/aromatic N) is 3. The average molecular weight is 440 g/mol. The summed E-state index contributed by atoms with van der Waals surface area (Å²) in [4.78, 5) is 31.4. The van der Waals surface area contributed by atoms with E-state index in [0.717, 1.165) is 57.4 Å². The van der Waals surface area contributed by atoms with E-state index in [-0.39, 0.29) is 11.8 Å². The third kappa shape index (κ3) is 6.34. The Morgan fingerprint density at radius 3 is 2.28 bits per heavy atom. The first-order valence-corrected chi connectivity index (χ1v) is 11.4. The van der Waals surface area contributed by atoms with Crippen LogP contribution in [-0.4, -0.2) is 66.3 Å². The molecular formula is C22H31Cl2N3O2. The van der Waals surface area contributed by atoms with Gasteiger partial charge in [0, 0.05) is 32.6 Å². The van der Waals surface area contributed by atoms with Crippen LogP contribution in [-0.2, 0) is 16.1 Å². The summed E-state index contributed by atoms with van der Waals surface area (Å²) in [5, 5.41) is 1.02. The van der Waals surface area contributed by atoms with Gasteiger partial charge in [-0.25, -0.2) is 0 Å². The summed E-state index contributed by atoms with van der Waals surface area (Å²) < 4.78 is 0. The van der Waals surface area contributed by atoms with Gasteiger partial charge in [0.1, 0.15) is 0 Å². The van der Waals surface area contributed by atoms with Gasteiger partial charge in [-0.2, -0.15) is 0 Å². The van der Waals surface area contributed by atoms with Gasteiger partial charge in [-0.3, -0.25) is 14.5 Å². The molecule has 1 aromatic rings. The Morgan fingerprint density at radius 1 is 1.00 bits per heavy atom. The van der Waals surface area contributed by atoms with E-state index in [0.29, 0.717) is 29.0 Å². The lowest BCUT2D eigenvalue weighted by molar-refractivity contribution is -0.137. The first kappa shape index (κ1) is 22.4. The van der Waals surface area contributed by atoms with Crippen LogP contribution in [0.25, 0.3) is 0 Å². The van der Waals surface area contributed by atoms with Gasteiger partial charge < -0.3 is 9.80 Å². The molecule has 0 N–H and O–H groups in total. The van der Waals surface area contributed by atoms with Crippen molar-refractivity contribution in [3.05, 3.63) is 33.8 Å². The minimum Gasteiger partial charge on any atom is -0.342 e. The lowest BCUT2D eigenvalue weighted by atomic mass is 9.95. The van der Waals surface area contributed by atoms with Crippen LogP contribution in [0.5, 0.6) is 0 Å². The molecular weight excluding hydrogens is 409 g/mol. The molecule has 0 spiro atoms. The standard InChI is InChI=1S/C22H31Cl2N3O2/c1-25(15-17-6-7-19(23)20(24)14-17)21(28)16-26-12-8-18(9-13-26)22(29)27-10-4-2-3-5-11-27/h6-7,14,18H,2-5,8-13,15-16H2,1H3. The molecule has 29 heavy (non-hydrogen) atoms. The van der Waals surface area contributed by atoms with E-state index in [1.165, 1.54) is 12.8 Å². The summed E-state index contributed by atoms with van der Waals surface area (Å²) in [6, 6.07) is 5.44. The van der Waals surface area contributed by atoms with Gasteiger partial charge in [0.05, 0.1) is 16.6 Å².